The lowest BCUT2D eigenvalue weighted by Crippen LogP contribution is -2.38. The predicted octanol–water partition coefficient (Wildman–Crippen LogP) is 1.35. The summed E-state index contributed by atoms with van der Waals surface area (Å²) in [6.45, 7) is 1.35. The van der Waals surface area contributed by atoms with Crippen LogP contribution in [0.3, 0.4) is 0 Å². The first-order chi connectivity index (χ1) is 10.5. The van der Waals surface area contributed by atoms with E-state index in [1.807, 2.05) is 4.90 Å². The highest BCUT2D eigenvalue weighted by Crippen LogP contribution is 2.36. The summed E-state index contributed by atoms with van der Waals surface area (Å²) in [4.78, 5) is 14.2. The quantitative estimate of drug-likeness (QED) is 0.886. The molecule has 2 aliphatic rings. The van der Waals surface area contributed by atoms with Crippen LogP contribution in [0.4, 0.5) is 4.39 Å². The SMILES string of the molecule is O=C(CCc1ccc(F)cc1)N1C[C@H]2C[C@@H](O)[C@H](O)C[C@H]2C1. The summed E-state index contributed by atoms with van der Waals surface area (Å²) in [5, 5.41) is 19.5. The van der Waals surface area contributed by atoms with Crippen LogP contribution in [0.2, 0.25) is 0 Å². The summed E-state index contributed by atoms with van der Waals surface area (Å²) in [7, 11) is 0. The van der Waals surface area contributed by atoms with Gasteiger partial charge in [0.25, 0.3) is 0 Å². The molecule has 2 fully saturated rings. The maximum atomic E-state index is 12.8. The smallest absolute Gasteiger partial charge is 0.222 e. The molecule has 1 heterocycles. The number of carbonyl (C=O) groups is 1. The lowest BCUT2D eigenvalue weighted by molar-refractivity contribution is -0.130. The van der Waals surface area contributed by atoms with Crippen molar-refractivity contribution in [3.05, 3.63) is 35.6 Å². The molecule has 5 heteroatoms. The summed E-state index contributed by atoms with van der Waals surface area (Å²) < 4.78 is 12.8. The summed E-state index contributed by atoms with van der Waals surface area (Å²) in [6, 6.07) is 6.23. The average molecular weight is 307 g/mol. The van der Waals surface area contributed by atoms with E-state index in [9.17, 15) is 19.4 Å². The summed E-state index contributed by atoms with van der Waals surface area (Å²) in [5.41, 5.74) is 0.956. The number of amides is 1. The van der Waals surface area contributed by atoms with Gasteiger partial charge in [0, 0.05) is 19.5 Å². The van der Waals surface area contributed by atoms with Crippen LogP contribution in [0.5, 0.6) is 0 Å². The lowest BCUT2D eigenvalue weighted by Gasteiger charge is -2.31. The van der Waals surface area contributed by atoms with Crippen LogP contribution < -0.4 is 0 Å². The molecule has 0 aromatic heterocycles. The van der Waals surface area contributed by atoms with Gasteiger partial charge in [-0.15, -0.1) is 0 Å². The number of carbonyl (C=O) groups excluding carboxylic acids is 1. The fraction of sp³-hybridized carbons (Fsp3) is 0.588. The fourth-order valence-electron chi connectivity index (χ4n) is 3.67. The molecule has 3 rings (SSSR count). The summed E-state index contributed by atoms with van der Waals surface area (Å²) >= 11 is 0. The standard InChI is InChI=1S/C17H22FNO3/c18-14-4-1-11(2-5-14)3-6-17(22)19-9-12-7-15(20)16(21)8-13(12)10-19/h1-2,4-5,12-13,15-16,20-21H,3,6-10H2/t12-,13+,15-,16-/m1/s1. The van der Waals surface area contributed by atoms with Gasteiger partial charge in [-0.1, -0.05) is 12.1 Å². The molecule has 0 bridgehead atoms. The third-order valence-corrected chi connectivity index (χ3v) is 5.00. The number of likely N-dealkylation sites (tertiary alicyclic amines) is 1. The molecule has 2 N–H and O–H groups in total. The Hall–Kier alpha value is -1.46. The number of rotatable bonds is 3. The van der Waals surface area contributed by atoms with Gasteiger partial charge in [-0.2, -0.15) is 0 Å². The molecule has 1 saturated carbocycles. The van der Waals surface area contributed by atoms with Gasteiger partial charge in [-0.05, 0) is 48.8 Å². The van der Waals surface area contributed by atoms with Crippen molar-refractivity contribution in [1.29, 1.82) is 0 Å². The minimum Gasteiger partial charge on any atom is -0.390 e. The zero-order valence-electron chi connectivity index (χ0n) is 12.5. The van der Waals surface area contributed by atoms with Gasteiger partial charge in [0.15, 0.2) is 0 Å². The van der Waals surface area contributed by atoms with Crippen LogP contribution in [0, 0.1) is 17.7 Å². The number of aliphatic hydroxyl groups is 2. The van der Waals surface area contributed by atoms with Crippen molar-refractivity contribution in [3.63, 3.8) is 0 Å². The molecule has 0 radical (unpaired) electrons. The van der Waals surface area contributed by atoms with E-state index in [1.165, 1.54) is 12.1 Å². The normalized spacial score (nSPS) is 31.1. The Kier molecular flexibility index (Phi) is 4.45. The molecule has 1 aromatic carbocycles. The second-order valence-electron chi connectivity index (χ2n) is 6.55. The fourth-order valence-corrected chi connectivity index (χ4v) is 3.67. The van der Waals surface area contributed by atoms with Crippen LogP contribution in [0.1, 0.15) is 24.8 Å². The molecule has 1 aliphatic carbocycles. The zero-order chi connectivity index (χ0) is 15.7. The van der Waals surface area contributed by atoms with Gasteiger partial charge in [0.05, 0.1) is 12.2 Å². The van der Waals surface area contributed by atoms with E-state index >= 15 is 0 Å². The Morgan fingerprint density at radius 1 is 1.09 bits per heavy atom. The number of aliphatic hydroxyl groups excluding tert-OH is 2. The highest BCUT2D eigenvalue weighted by atomic mass is 19.1. The molecule has 4 nitrogen and oxygen atoms in total. The monoisotopic (exact) mass is 307 g/mol. The van der Waals surface area contributed by atoms with Gasteiger partial charge in [0.1, 0.15) is 5.82 Å². The Morgan fingerprint density at radius 2 is 1.64 bits per heavy atom. The molecule has 0 unspecified atom stereocenters. The van der Waals surface area contributed by atoms with Gasteiger partial charge in [-0.25, -0.2) is 4.39 Å². The molecule has 1 aliphatic heterocycles. The average Bonchev–Trinajstić information content (AvgIpc) is 2.90. The van der Waals surface area contributed by atoms with E-state index in [0.29, 0.717) is 50.6 Å². The predicted molar refractivity (Wildman–Crippen MR) is 79.5 cm³/mol. The first-order valence-corrected chi connectivity index (χ1v) is 7.91. The van der Waals surface area contributed by atoms with Crippen molar-refractivity contribution in [3.8, 4) is 0 Å². The Balaban J connectivity index is 1.52. The summed E-state index contributed by atoms with van der Waals surface area (Å²) in [6.07, 6.45) is 0.860. The van der Waals surface area contributed by atoms with E-state index < -0.39 is 12.2 Å². The first-order valence-electron chi connectivity index (χ1n) is 7.91. The molecular formula is C17H22FNO3. The van der Waals surface area contributed by atoms with Crippen LogP contribution in [-0.2, 0) is 11.2 Å². The van der Waals surface area contributed by atoms with Gasteiger partial charge in [0.2, 0.25) is 5.91 Å². The maximum Gasteiger partial charge on any atom is 0.222 e. The van der Waals surface area contributed by atoms with E-state index in [1.54, 1.807) is 12.1 Å². The van der Waals surface area contributed by atoms with Gasteiger partial charge < -0.3 is 15.1 Å². The van der Waals surface area contributed by atoms with Crippen molar-refractivity contribution < 1.29 is 19.4 Å². The molecule has 0 spiro atoms. The third kappa shape index (κ3) is 3.31. The maximum absolute atomic E-state index is 12.8. The Morgan fingerprint density at radius 3 is 2.18 bits per heavy atom. The number of hydrogen-bond donors (Lipinski definition) is 2. The van der Waals surface area contributed by atoms with Crippen LogP contribution in [0.15, 0.2) is 24.3 Å². The number of hydrogen-bond acceptors (Lipinski definition) is 3. The topological polar surface area (TPSA) is 60.8 Å². The van der Waals surface area contributed by atoms with E-state index in [0.717, 1.165) is 5.56 Å². The molecule has 1 amide bonds. The molecule has 120 valence electrons. The number of fused-ring (bicyclic) bond motifs is 1. The van der Waals surface area contributed by atoms with Crippen LogP contribution >= 0.6 is 0 Å². The number of aryl methyl sites for hydroxylation is 1. The molecule has 4 atom stereocenters. The van der Waals surface area contributed by atoms with E-state index in [-0.39, 0.29) is 11.7 Å². The lowest BCUT2D eigenvalue weighted by atomic mass is 9.79. The number of nitrogens with zero attached hydrogens (tertiary/aromatic N) is 1. The van der Waals surface area contributed by atoms with Crippen molar-refractivity contribution in [2.45, 2.75) is 37.9 Å². The third-order valence-electron chi connectivity index (χ3n) is 5.00. The summed E-state index contributed by atoms with van der Waals surface area (Å²) in [5.74, 6) is 0.430. The Labute approximate surface area is 129 Å². The van der Waals surface area contributed by atoms with E-state index in [4.69, 9.17) is 0 Å². The molecule has 22 heavy (non-hydrogen) atoms. The largest absolute Gasteiger partial charge is 0.390 e. The van der Waals surface area contributed by atoms with Crippen molar-refractivity contribution in [1.82, 2.24) is 4.90 Å². The van der Waals surface area contributed by atoms with Crippen molar-refractivity contribution in [2.75, 3.05) is 13.1 Å². The highest BCUT2D eigenvalue weighted by molar-refractivity contribution is 5.76. The van der Waals surface area contributed by atoms with Crippen LogP contribution in [0.25, 0.3) is 0 Å². The first kappa shape index (κ1) is 15.4. The highest BCUT2D eigenvalue weighted by Gasteiger charge is 2.42. The second-order valence-corrected chi connectivity index (χ2v) is 6.55. The molecule has 1 aromatic rings. The van der Waals surface area contributed by atoms with Gasteiger partial charge >= 0.3 is 0 Å². The van der Waals surface area contributed by atoms with Gasteiger partial charge in [-0.3, -0.25) is 4.79 Å². The zero-order valence-corrected chi connectivity index (χ0v) is 12.5. The van der Waals surface area contributed by atoms with Crippen LogP contribution in [-0.4, -0.2) is 46.3 Å². The Bertz CT molecular complexity index is 515. The number of benzene rings is 1. The molecular weight excluding hydrogens is 285 g/mol. The van der Waals surface area contributed by atoms with Crippen molar-refractivity contribution in [2.24, 2.45) is 11.8 Å². The van der Waals surface area contributed by atoms with Crippen molar-refractivity contribution >= 4 is 5.91 Å². The number of halogens is 1. The van der Waals surface area contributed by atoms with E-state index in [2.05, 4.69) is 0 Å². The second kappa shape index (κ2) is 6.34. The molecule has 1 saturated heterocycles. The minimum atomic E-state index is -0.657. The minimum absolute atomic E-state index is 0.0997.